The van der Waals surface area contributed by atoms with Crippen LogP contribution in [0.1, 0.15) is 103 Å². The number of carbonyl (C=O) groups is 2. The van der Waals surface area contributed by atoms with Crippen molar-refractivity contribution in [2.75, 3.05) is 0 Å². The van der Waals surface area contributed by atoms with E-state index in [0.29, 0.717) is 49.7 Å². The zero-order valence-electron chi connectivity index (χ0n) is 28.1. The third-order valence-corrected chi connectivity index (χ3v) is 11.0. The van der Waals surface area contributed by atoms with Crippen molar-refractivity contribution in [3.8, 4) is 23.0 Å². The average molecular weight is 631 g/mol. The number of aromatic carboxylic acids is 2. The molecule has 0 spiro atoms. The molecule has 2 heterocycles. The predicted molar refractivity (Wildman–Crippen MR) is 176 cm³/mol. The van der Waals surface area contributed by atoms with Crippen molar-refractivity contribution in [2.24, 2.45) is 11.8 Å². The van der Waals surface area contributed by atoms with E-state index < -0.39 is 11.9 Å². The van der Waals surface area contributed by atoms with Gasteiger partial charge in [-0.3, -0.25) is 0 Å². The van der Waals surface area contributed by atoms with Crippen LogP contribution in [0, 0.1) is 53.4 Å². The maximum Gasteiger partial charge on any atom is 0.335 e. The molecule has 3 aromatic carbocycles. The summed E-state index contributed by atoms with van der Waals surface area (Å²) in [5.74, 6) is 0.0973. The normalized spacial score (nSPS) is 20.3. The molecule has 4 N–H and O–H groups in total. The van der Waals surface area contributed by atoms with E-state index >= 15 is 0 Å². The van der Waals surface area contributed by atoms with Crippen LogP contribution >= 0.6 is 0 Å². The van der Waals surface area contributed by atoms with Gasteiger partial charge in [-0.05, 0) is 151 Å². The maximum atomic E-state index is 12.5. The van der Waals surface area contributed by atoms with E-state index in [-0.39, 0.29) is 46.7 Å². The van der Waals surface area contributed by atoms with Crippen molar-refractivity contribution in [3.05, 3.63) is 78.9 Å². The topological polar surface area (TPSA) is 134 Å². The molecule has 4 unspecified atom stereocenters. The Labute approximate surface area is 271 Å². The zero-order valence-corrected chi connectivity index (χ0v) is 28.1. The lowest BCUT2D eigenvalue weighted by molar-refractivity contribution is 0.0678. The summed E-state index contributed by atoms with van der Waals surface area (Å²) in [5.41, 5.74) is 8.35. The van der Waals surface area contributed by atoms with Gasteiger partial charge in [-0.2, -0.15) is 0 Å². The highest BCUT2D eigenvalue weighted by Gasteiger charge is 2.34. The minimum absolute atomic E-state index is 0.0429. The molecule has 0 aromatic heterocycles. The molecular weight excluding hydrogens is 584 g/mol. The van der Waals surface area contributed by atoms with E-state index in [1.165, 1.54) is 12.1 Å². The Morgan fingerprint density at radius 2 is 0.978 bits per heavy atom. The third kappa shape index (κ3) is 5.67. The first-order valence-electron chi connectivity index (χ1n) is 16.2. The van der Waals surface area contributed by atoms with Crippen molar-refractivity contribution in [3.63, 3.8) is 0 Å². The Balaban J connectivity index is 1.45. The molecule has 246 valence electrons. The molecule has 3 aromatic rings. The summed E-state index contributed by atoms with van der Waals surface area (Å²) in [5, 5.41) is 41.8. The molecule has 0 radical (unpaired) electrons. The zero-order chi connectivity index (χ0) is 33.8. The number of fused-ring (bicyclic) bond motifs is 2. The average Bonchev–Trinajstić information content (AvgIpc) is 3.02. The molecule has 2 aliphatic rings. The van der Waals surface area contributed by atoms with Gasteiger partial charge < -0.3 is 29.9 Å². The SMILES string of the molecule is Cc1c(C)c2c(c(C)c1O)CC(CCc1c(C(=O)O)ccc(C(=O)O)c1CCC1Cc3c(C)c(O)c(C)c(C)c3OC1C)C(C)O2. The summed E-state index contributed by atoms with van der Waals surface area (Å²) in [6, 6.07) is 2.82. The van der Waals surface area contributed by atoms with Crippen molar-refractivity contribution in [1.29, 1.82) is 0 Å². The molecule has 0 aliphatic carbocycles. The van der Waals surface area contributed by atoms with Crippen LogP contribution in [0.15, 0.2) is 12.1 Å². The Morgan fingerprint density at radius 1 is 0.630 bits per heavy atom. The third-order valence-electron chi connectivity index (χ3n) is 11.0. The summed E-state index contributed by atoms with van der Waals surface area (Å²) in [6.07, 6.45) is 3.03. The summed E-state index contributed by atoms with van der Waals surface area (Å²) < 4.78 is 12.8. The lowest BCUT2D eigenvalue weighted by atomic mass is 9.80. The van der Waals surface area contributed by atoms with Crippen molar-refractivity contribution < 1.29 is 39.5 Å². The van der Waals surface area contributed by atoms with Gasteiger partial charge in [0, 0.05) is 23.0 Å². The molecule has 0 amide bonds. The molecule has 2 aliphatic heterocycles. The van der Waals surface area contributed by atoms with Crippen LogP contribution in [-0.4, -0.2) is 44.6 Å². The molecule has 8 heteroatoms. The molecular formula is C38H46O8. The lowest BCUT2D eigenvalue weighted by Gasteiger charge is -2.35. The van der Waals surface area contributed by atoms with Gasteiger partial charge in [-0.25, -0.2) is 9.59 Å². The monoisotopic (exact) mass is 630 g/mol. The fourth-order valence-corrected chi connectivity index (χ4v) is 7.57. The lowest BCUT2D eigenvalue weighted by Crippen LogP contribution is -2.32. The van der Waals surface area contributed by atoms with Gasteiger partial charge in [-0.15, -0.1) is 0 Å². The molecule has 4 atom stereocenters. The maximum absolute atomic E-state index is 12.5. The van der Waals surface area contributed by atoms with Gasteiger partial charge in [-0.1, -0.05) is 0 Å². The molecule has 8 nitrogen and oxygen atoms in total. The fourth-order valence-electron chi connectivity index (χ4n) is 7.57. The Kier molecular flexibility index (Phi) is 9.04. The number of phenols is 2. The highest BCUT2D eigenvalue weighted by atomic mass is 16.5. The van der Waals surface area contributed by atoms with Crippen LogP contribution in [0.2, 0.25) is 0 Å². The summed E-state index contributed by atoms with van der Waals surface area (Å²) in [4.78, 5) is 24.9. The van der Waals surface area contributed by atoms with Crippen molar-refractivity contribution >= 4 is 11.9 Å². The van der Waals surface area contributed by atoms with Gasteiger partial charge in [0.05, 0.1) is 23.3 Å². The van der Waals surface area contributed by atoms with Crippen LogP contribution in [0.5, 0.6) is 23.0 Å². The quantitative estimate of drug-likeness (QED) is 0.201. The van der Waals surface area contributed by atoms with Crippen LogP contribution in [0.25, 0.3) is 0 Å². The number of hydrogen-bond donors (Lipinski definition) is 4. The summed E-state index contributed by atoms with van der Waals surface area (Å²) in [6.45, 7) is 15.5. The first kappa shape index (κ1) is 33.2. The van der Waals surface area contributed by atoms with Crippen LogP contribution in [-0.2, 0) is 25.7 Å². The van der Waals surface area contributed by atoms with E-state index in [0.717, 1.165) is 56.0 Å². The Bertz CT molecular complexity index is 1610. The largest absolute Gasteiger partial charge is 0.507 e. The van der Waals surface area contributed by atoms with Crippen LogP contribution in [0.3, 0.4) is 0 Å². The fraction of sp³-hybridized carbons (Fsp3) is 0.474. The molecule has 0 saturated carbocycles. The first-order valence-corrected chi connectivity index (χ1v) is 16.2. The minimum Gasteiger partial charge on any atom is -0.507 e. The van der Waals surface area contributed by atoms with E-state index in [2.05, 4.69) is 0 Å². The number of aromatic hydroxyl groups is 2. The molecule has 0 fully saturated rings. The second kappa shape index (κ2) is 12.5. The summed E-state index contributed by atoms with van der Waals surface area (Å²) >= 11 is 0. The van der Waals surface area contributed by atoms with Gasteiger partial charge in [0.25, 0.3) is 0 Å². The first-order chi connectivity index (χ1) is 21.6. The Morgan fingerprint density at radius 3 is 1.30 bits per heavy atom. The molecule has 0 bridgehead atoms. The van der Waals surface area contributed by atoms with Gasteiger partial charge in [0.15, 0.2) is 0 Å². The number of ether oxygens (including phenoxy) is 2. The smallest absolute Gasteiger partial charge is 0.335 e. The number of hydrogen-bond acceptors (Lipinski definition) is 6. The second-order valence-corrected chi connectivity index (χ2v) is 13.4. The molecule has 5 rings (SSSR count). The predicted octanol–water partition coefficient (Wildman–Crippen LogP) is 7.49. The number of carboxylic acids is 2. The standard InChI is InChI=1S/C38H46O8/c1-17-19(3)35-31(21(5)33(17)39)15-25(23(7)45-35)9-11-27-28(30(38(43)44)14-13-29(27)37(41)42)12-10-26-16-32-22(6)34(40)18(2)20(4)36(32)46-24(26)8/h13-14,23-26,39-40H,9-12,15-16H2,1-8H3,(H,41,42)(H,43,44). The highest BCUT2D eigenvalue weighted by Crippen LogP contribution is 2.45. The van der Waals surface area contributed by atoms with Crippen LogP contribution < -0.4 is 9.47 Å². The molecule has 46 heavy (non-hydrogen) atoms. The van der Waals surface area contributed by atoms with Crippen molar-refractivity contribution in [1.82, 2.24) is 0 Å². The molecule has 0 saturated heterocycles. The van der Waals surface area contributed by atoms with E-state index in [1.54, 1.807) is 0 Å². The second-order valence-electron chi connectivity index (χ2n) is 13.4. The minimum atomic E-state index is -1.08. The Hall–Kier alpha value is -4.20. The van der Waals surface area contributed by atoms with Gasteiger partial charge >= 0.3 is 11.9 Å². The number of benzene rings is 3. The van der Waals surface area contributed by atoms with Crippen LogP contribution in [0.4, 0.5) is 0 Å². The van der Waals surface area contributed by atoms with E-state index in [4.69, 9.17) is 9.47 Å². The van der Waals surface area contributed by atoms with Gasteiger partial charge in [0.2, 0.25) is 0 Å². The van der Waals surface area contributed by atoms with E-state index in [1.807, 2.05) is 55.4 Å². The van der Waals surface area contributed by atoms with E-state index in [9.17, 15) is 30.0 Å². The number of carboxylic acid groups (broad SMARTS) is 2. The highest BCUT2D eigenvalue weighted by molar-refractivity contribution is 5.95. The number of rotatable bonds is 8. The summed E-state index contributed by atoms with van der Waals surface area (Å²) in [7, 11) is 0. The number of phenolic OH excluding ortho intramolecular Hbond substituents is 2. The van der Waals surface area contributed by atoms with Gasteiger partial charge in [0.1, 0.15) is 23.0 Å². The van der Waals surface area contributed by atoms with Crippen molar-refractivity contribution in [2.45, 2.75) is 106 Å².